The normalized spacial score (nSPS) is 12.7. The monoisotopic (exact) mass is 218 g/mol. The molecule has 0 heterocycles. The van der Waals surface area contributed by atoms with Gasteiger partial charge in [0.25, 0.3) is 0 Å². The second-order valence-electron chi connectivity index (χ2n) is 3.66. The lowest BCUT2D eigenvalue weighted by atomic mass is 10.1. The summed E-state index contributed by atoms with van der Waals surface area (Å²) in [6.07, 6.45) is 5.03. The molecule has 90 valence electrons. The van der Waals surface area contributed by atoms with Gasteiger partial charge in [0.2, 0.25) is 0 Å². The van der Waals surface area contributed by atoms with Crippen molar-refractivity contribution >= 4 is 5.97 Å². The lowest BCUT2D eigenvalue weighted by Crippen LogP contribution is -2.19. The number of hydrogen-bond acceptors (Lipinski definition) is 3. The molecule has 1 unspecified atom stereocenters. The molecule has 0 bridgehead atoms. The van der Waals surface area contributed by atoms with Crippen LogP contribution in [0, 0.1) is 0 Å². The fraction of sp³-hybridized carbons (Fsp3) is 0.909. The predicted molar refractivity (Wildman–Crippen MR) is 57.8 cm³/mol. The number of hydrogen-bond donors (Lipinski definition) is 2. The van der Waals surface area contributed by atoms with Gasteiger partial charge in [-0.3, -0.25) is 4.79 Å². The van der Waals surface area contributed by atoms with Crippen molar-refractivity contribution in [2.75, 3.05) is 13.2 Å². The smallest absolute Gasteiger partial charge is 0.305 e. The highest BCUT2D eigenvalue weighted by atomic mass is 16.5. The maximum Gasteiger partial charge on any atom is 0.305 e. The van der Waals surface area contributed by atoms with E-state index in [-0.39, 0.29) is 25.7 Å². The number of aliphatic hydroxyl groups is 1. The molecule has 0 saturated heterocycles. The third-order valence-electron chi connectivity index (χ3n) is 2.23. The molecule has 4 heteroatoms. The summed E-state index contributed by atoms with van der Waals surface area (Å²) in [5, 5.41) is 17.2. The zero-order chi connectivity index (χ0) is 11.5. The summed E-state index contributed by atoms with van der Waals surface area (Å²) in [6.45, 7) is 2.31. The van der Waals surface area contributed by atoms with E-state index >= 15 is 0 Å². The number of carboxylic acids is 1. The van der Waals surface area contributed by atoms with Crippen LogP contribution in [0.2, 0.25) is 0 Å². The van der Waals surface area contributed by atoms with E-state index in [1.54, 1.807) is 0 Å². The lowest BCUT2D eigenvalue weighted by molar-refractivity contribution is -0.140. The molecule has 0 aliphatic rings. The quantitative estimate of drug-likeness (QED) is 0.549. The molecule has 0 aromatic carbocycles. The molecule has 0 saturated carbocycles. The van der Waals surface area contributed by atoms with E-state index in [2.05, 4.69) is 6.92 Å². The SMILES string of the molecule is CCCCCCC(CC(=O)O)OCCO. The van der Waals surface area contributed by atoms with Crippen LogP contribution in [-0.4, -0.2) is 35.5 Å². The van der Waals surface area contributed by atoms with E-state index in [4.69, 9.17) is 14.9 Å². The first-order valence-corrected chi connectivity index (χ1v) is 5.65. The summed E-state index contributed by atoms with van der Waals surface area (Å²) in [6, 6.07) is 0. The highest BCUT2D eigenvalue weighted by Gasteiger charge is 2.12. The minimum Gasteiger partial charge on any atom is -0.481 e. The van der Waals surface area contributed by atoms with Crippen molar-refractivity contribution in [3.05, 3.63) is 0 Å². The highest BCUT2D eigenvalue weighted by Crippen LogP contribution is 2.11. The zero-order valence-electron chi connectivity index (χ0n) is 9.45. The van der Waals surface area contributed by atoms with Gasteiger partial charge >= 0.3 is 5.97 Å². The molecule has 4 nitrogen and oxygen atoms in total. The molecule has 0 aromatic rings. The molecule has 0 amide bonds. The Morgan fingerprint density at radius 2 is 2.07 bits per heavy atom. The molecular formula is C11H22O4. The molecule has 0 spiro atoms. The number of unbranched alkanes of at least 4 members (excludes halogenated alkanes) is 3. The standard InChI is InChI=1S/C11H22O4/c1-2-3-4-5-6-10(9-11(13)14)15-8-7-12/h10,12H,2-9H2,1H3,(H,13,14). The largest absolute Gasteiger partial charge is 0.481 e. The Morgan fingerprint density at radius 1 is 1.33 bits per heavy atom. The Morgan fingerprint density at radius 3 is 2.60 bits per heavy atom. The summed E-state index contributed by atoms with van der Waals surface area (Å²) in [4.78, 5) is 10.5. The van der Waals surface area contributed by atoms with Crippen LogP contribution in [0.5, 0.6) is 0 Å². The van der Waals surface area contributed by atoms with Crippen molar-refractivity contribution in [3.63, 3.8) is 0 Å². The Hall–Kier alpha value is -0.610. The van der Waals surface area contributed by atoms with Gasteiger partial charge in [-0.1, -0.05) is 32.6 Å². The number of carboxylic acid groups (broad SMARTS) is 1. The van der Waals surface area contributed by atoms with Crippen molar-refractivity contribution in [1.29, 1.82) is 0 Å². The second kappa shape index (κ2) is 9.93. The van der Waals surface area contributed by atoms with Gasteiger partial charge in [0.1, 0.15) is 0 Å². The van der Waals surface area contributed by atoms with Crippen LogP contribution < -0.4 is 0 Å². The van der Waals surface area contributed by atoms with E-state index in [1.165, 1.54) is 12.8 Å². The Balaban J connectivity index is 3.64. The molecular weight excluding hydrogens is 196 g/mol. The summed E-state index contributed by atoms with van der Waals surface area (Å²) in [5.74, 6) is -0.839. The minimum atomic E-state index is -0.839. The van der Waals surface area contributed by atoms with Gasteiger partial charge in [-0.15, -0.1) is 0 Å². The molecule has 0 fully saturated rings. The van der Waals surface area contributed by atoms with Gasteiger partial charge in [0.05, 0.1) is 25.7 Å². The molecule has 2 N–H and O–H groups in total. The van der Waals surface area contributed by atoms with E-state index in [0.29, 0.717) is 0 Å². The number of aliphatic carboxylic acids is 1. The molecule has 0 aromatic heterocycles. The van der Waals surface area contributed by atoms with Gasteiger partial charge < -0.3 is 14.9 Å². The fourth-order valence-corrected chi connectivity index (χ4v) is 1.46. The minimum absolute atomic E-state index is 0.0339. The molecule has 1 atom stereocenters. The average molecular weight is 218 g/mol. The third-order valence-corrected chi connectivity index (χ3v) is 2.23. The van der Waals surface area contributed by atoms with Gasteiger partial charge in [-0.2, -0.15) is 0 Å². The summed E-state index contributed by atoms with van der Waals surface area (Å²) >= 11 is 0. The molecule has 0 radical (unpaired) electrons. The zero-order valence-corrected chi connectivity index (χ0v) is 9.45. The predicted octanol–water partition coefficient (Wildman–Crippen LogP) is 1.81. The topological polar surface area (TPSA) is 66.8 Å². The molecule has 0 aliphatic heterocycles. The van der Waals surface area contributed by atoms with Crippen LogP contribution in [0.3, 0.4) is 0 Å². The fourth-order valence-electron chi connectivity index (χ4n) is 1.46. The van der Waals surface area contributed by atoms with Crippen LogP contribution in [0.15, 0.2) is 0 Å². The van der Waals surface area contributed by atoms with Crippen molar-refractivity contribution in [3.8, 4) is 0 Å². The lowest BCUT2D eigenvalue weighted by Gasteiger charge is -2.15. The highest BCUT2D eigenvalue weighted by molar-refractivity contribution is 5.67. The Kier molecular flexibility index (Phi) is 9.52. The first-order chi connectivity index (χ1) is 7.20. The van der Waals surface area contributed by atoms with Gasteiger partial charge in [-0.05, 0) is 6.42 Å². The van der Waals surface area contributed by atoms with Gasteiger partial charge in [0, 0.05) is 0 Å². The van der Waals surface area contributed by atoms with Gasteiger partial charge in [-0.25, -0.2) is 0 Å². The molecule has 0 rings (SSSR count). The van der Waals surface area contributed by atoms with E-state index < -0.39 is 5.97 Å². The Labute approximate surface area is 91.3 Å². The van der Waals surface area contributed by atoms with Crippen LogP contribution in [-0.2, 0) is 9.53 Å². The maximum absolute atomic E-state index is 10.5. The van der Waals surface area contributed by atoms with E-state index in [9.17, 15) is 4.79 Å². The average Bonchev–Trinajstić information content (AvgIpc) is 2.19. The molecule has 15 heavy (non-hydrogen) atoms. The van der Waals surface area contributed by atoms with Gasteiger partial charge in [0.15, 0.2) is 0 Å². The van der Waals surface area contributed by atoms with Crippen LogP contribution in [0.4, 0.5) is 0 Å². The number of ether oxygens (including phenoxy) is 1. The number of carbonyl (C=O) groups is 1. The van der Waals surface area contributed by atoms with E-state index in [1.807, 2.05) is 0 Å². The van der Waals surface area contributed by atoms with Crippen molar-refractivity contribution in [2.24, 2.45) is 0 Å². The van der Waals surface area contributed by atoms with Crippen molar-refractivity contribution < 1.29 is 19.7 Å². The summed E-state index contributed by atoms with van der Waals surface area (Å²) in [5.41, 5.74) is 0. The third kappa shape index (κ3) is 9.69. The molecule has 0 aliphatic carbocycles. The van der Waals surface area contributed by atoms with Crippen molar-refractivity contribution in [2.45, 2.75) is 51.6 Å². The Bertz CT molecular complexity index is 159. The van der Waals surface area contributed by atoms with Crippen molar-refractivity contribution in [1.82, 2.24) is 0 Å². The van der Waals surface area contributed by atoms with Crippen LogP contribution in [0.1, 0.15) is 45.4 Å². The van der Waals surface area contributed by atoms with E-state index in [0.717, 1.165) is 19.3 Å². The number of aliphatic hydroxyl groups excluding tert-OH is 1. The summed E-state index contributed by atoms with van der Waals surface area (Å²) < 4.78 is 5.25. The van der Waals surface area contributed by atoms with Crippen LogP contribution >= 0.6 is 0 Å². The first kappa shape index (κ1) is 14.4. The van der Waals surface area contributed by atoms with Crippen LogP contribution in [0.25, 0.3) is 0 Å². The maximum atomic E-state index is 10.5. The summed E-state index contributed by atoms with van der Waals surface area (Å²) in [7, 11) is 0. The second-order valence-corrected chi connectivity index (χ2v) is 3.66. The first-order valence-electron chi connectivity index (χ1n) is 5.65. The number of rotatable bonds is 10.